The largest absolute Gasteiger partial charge is 0.472 e. The molecule has 3 aromatic heterocycles. The number of anilines is 3. The third-order valence-electron chi connectivity index (χ3n) is 4.65. The summed E-state index contributed by atoms with van der Waals surface area (Å²) >= 11 is 0. The fraction of sp³-hybridized carbons (Fsp3) is 0.0952. The molecule has 170 valence electrons. The van der Waals surface area contributed by atoms with Gasteiger partial charge in [-0.1, -0.05) is 23.4 Å². The van der Waals surface area contributed by atoms with E-state index in [9.17, 15) is 8.96 Å². The Labute approximate surface area is 187 Å². The normalized spacial score (nSPS) is 11.5. The zero-order valence-corrected chi connectivity index (χ0v) is 18.0. The number of hydrogen-bond acceptors (Lipinski definition) is 7. The first-order chi connectivity index (χ1) is 15.8. The topological polar surface area (TPSA) is 148 Å². The zero-order chi connectivity index (χ0) is 23.4. The number of hydrogen-bond donors (Lipinski definition) is 4. The van der Waals surface area contributed by atoms with Crippen LogP contribution in [-0.4, -0.2) is 19.9 Å². The Hall–Kier alpha value is -3.63. The monoisotopic (exact) mass is 472 g/mol. The summed E-state index contributed by atoms with van der Waals surface area (Å²) < 4.78 is 35.9. The minimum absolute atomic E-state index is 0.193. The van der Waals surface area contributed by atoms with Crippen LogP contribution in [-0.2, 0) is 22.2 Å². The van der Waals surface area contributed by atoms with E-state index in [-0.39, 0.29) is 11.6 Å². The molecule has 4 rings (SSSR count). The van der Waals surface area contributed by atoms with E-state index in [1.165, 1.54) is 16.8 Å². The minimum atomic E-state index is -4.64. The first kappa shape index (κ1) is 22.6. The van der Waals surface area contributed by atoms with Crippen molar-refractivity contribution in [1.82, 2.24) is 10.1 Å². The number of para-hydroxylation sites is 1. The number of nitrogens with zero attached hydrogens (tertiary/aromatic N) is 3. The van der Waals surface area contributed by atoms with E-state index in [1.54, 1.807) is 48.7 Å². The van der Waals surface area contributed by atoms with Gasteiger partial charge in [-0.2, -0.15) is 0 Å². The van der Waals surface area contributed by atoms with Gasteiger partial charge in [0, 0.05) is 18.7 Å². The lowest BCUT2D eigenvalue weighted by Crippen LogP contribution is -2.38. The Balaban J connectivity index is 1.45. The van der Waals surface area contributed by atoms with Gasteiger partial charge in [-0.05, 0) is 35.9 Å². The summed E-state index contributed by atoms with van der Waals surface area (Å²) in [7, 11) is -4.64. The molecule has 0 radical (unpaired) electrons. The molecule has 10 nitrogen and oxygen atoms in total. The van der Waals surface area contributed by atoms with E-state index in [4.69, 9.17) is 20.0 Å². The molecule has 0 fully saturated rings. The van der Waals surface area contributed by atoms with Gasteiger partial charge in [0.2, 0.25) is 6.73 Å². The van der Waals surface area contributed by atoms with Crippen LogP contribution in [0.3, 0.4) is 0 Å². The minimum Gasteiger partial charge on any atom is -0.356 e. The highest BCUT2D eigenvalue weighted by molar-refractivity contribution is 7.46. The molecule has 33 heavy (non-hydrogen) atoms. The van der Waals surface area contributed by atoms with Gasteiger partial charge < -0.3 is 19.6 Å². The molecule has 0 saturated carbocycles. The Bertz CT molecular complexity index is 1310. The lowest BCUT2D eigenvalue weighted by molar-refractivity contribution is -0.711. The third-order valence-corrected chi connectivity index (χ3v) is 5.10. The van der Waals surface area contributed by atoms with Gasteiger partial charge in [0.1, 0.15) is 17.2 Å². The molecule has 0 aliphatic rings. The van der Waals surface area contributed by atoms with Crippen molar-refractivity contribution in [1.29, 1.82) is 0 Å². The summed E-state index contributed by atoms with van der Waals surface area (Å²) in [5.41, 5.74) is 8.41. The maximum Gasteiger partial charge on any atom is 0.472 e. The van der Waals surface area contributed by atoms with Crippen LogP contribution in [0.1, 0.15) is 11.3 Å². The molecule has 0 aliphatic carbocycles. The van der Waals surface area contributed by atoms with Crippen molar-refractivity contribution < 1.29 is 32.4 Å². The highest BCUT2D eigenvalue weighted by Crippen LogP contribution is 2.35. The summed E-state index contributed by atoms with van der Waals surface area (Å²) in [4.78, 5) is 22.1. The molecule has 5 N–H and O–H groups in total. The van der Waals surface area contributed by atoms with E-state index < -0.39 is 14.6 Å². The number of rotatable bonds is 8. The summed E-state index contributed by atoms with van der Waals surface area (Å²) in [5, 5.41) is 6.98. The number of halogens is 1. The molecule has 0 saturated heterocycles. The number of benzene rings is 1. The predicted octanol–water partition coefficient (Wildman–Crippen LogP) is 3.15. The first-order valence-corrected chi connectivity index (χ1v) is 11.2. The number of phosphoric ester groups is 1. The standard InChI is InChI=1S/C21H19FN5O5P/c22-17-5-1-2-6-18(17)25-20-8-7-14(12-24-20)10-15-11-19(32-26-15)16-4-3-9-27(21(16)23)13-31-33(28,29)30/h1-9,11-12,23H,10,13H2,(H3,24,25,28,29,30)/p+1. The van der Waals surface area contributed by atoms with Gasteiger partial charge in [0.25, 0.3) is 5.82 Å². The van der Waals surface area contributed by atoms with Gasteiger partial charge in [-0.25, -0.2) is 23.0 Å². The van der Waals surface area contributed by atoms with Crippen LogP contribution < -0.4 is 15.6 Å². The van der Waals surface area contributed by atoms with Gasteiger partial charge in [0.15, 0.2) is 5.76 Å². The molecule has 12 heteroatoms. The Morgan fingerprint density at radius 3 is 2.73 bits per heavy atom. The number of nitrogens with one attached hydrogen (secondary N) is 1. The number of nitrogens with two attached hydrogens (primary N) is 1. The van der Waals surface area contributed by atoms with Crippen molar-refractivity contribution in [3.8, 4) is 11.3 Å². The molecule has 3 heterocycles. The van der Waals surface area contributed by atoms with E-state index in [0.717, 1.165) is 5.56 Å². The maximum absolute atomic E-state index is 13.8. The molecule has 0 unspecified atom stereocenters. The quantitative estimate of drug-likeness (QED) is 0.224. The molecular formula is C21H20FN5O5P+. The molecular weight excluding hydrogens is 452 g/mol. The third kappa shape index (κ3) is 5.79. The van der Waals surface area contributed by atoms with Crippen molar-refractivity contribution in [2.45, 2.75) is 13.2 Å². The van der Waals surface area contributed by atoms with Crippen LogP contribution >= 0.6 is 7.82 Å². The van der Waals surface area contributed by atoms with Crippen LogP contribution in [0, 0.1) is 5.82 Å². The van der Waals surface area contributed by atoms with Crippen LogP contribution in [0.25, 0.3) is 11.3 Å². The number of phosphoric acid groups is 1. The summed E-state index contributed by atoms with van der Waals surface area (Å²) in [5.74, 6) is 0.717. The van der Waals surface area contributed by atoms with Gasteiger partial charge in [0.05, 0.1) is 17.6 Å². The molecule has 0 atom stereocenters. The summed E-state index contributed by atoms with van der Waals surface area (Å²) in [6.07, 6.45) is 3.61. The average Bonchev–Trinajstić information content (AvgIpc) is 3.23. The number of aromatic nitrogens is 3. The fourth-order valence-electron chi connectivity index (χ4n) is 3.06. The molecule has 0 bridgehead atoms. The summed E-state index contributed by atoms with van der Waals surface area (Å²) in [6, 6.07) is 15.0. The highest BCUT2D eigenvalue weighted by Gasteiger charge is 2.20. The Morgan fingerprint density at radius 1 is 1.18 bits per heavy atom. The first-order valence-electron chi connectivity index (χ1n) is 9.69. The second kappa shape index (κ2) is 9.47. The maximum atomic E-state index is 13.8. The Morgan fingerprint density at radius 2 is 2.00 bits per heavy atom. The lowest BCUT2D eigenvalue weighted by atomic mass is 10.1. The molecule has 1 aromatic carbocycles. The van der Waals surface area contributed by atoms with Crippen LogP contribution in [0.15, 0.2) is 71.5 Å². The number of nitrogen functional groups attached to an aromatic ring is 1. The van der Waals surface area contributed by atoms with E-state index in [2.05, 4.69) is 20.0 Å². The number of pyridine rings is 2. The average molecular weight is 472 g/mol. The van der Waals surface area contributed by atoms with Crippen LogP contribution in [0.5, 0.6) is 0 Å². The zero-order valence-electron chi connectivity index (χ0n) is 17.1. The van der Waals surface area contributed by atoms with Crippen LogP contribution in [0.2, 0.25) is 0 Å². The van der Waals surface area contributed by atoms with Crippen molar-refractivity contribution in [2.24, 2.45) is 0 Å². The van der Waals surface area contributed by atoms with Gasteiger partial charge in [-0.15, -0.1) is 0 Å². The van der Waals surface area contributed by atoms with Crippen molar-refractivity contribution in [2.75, 3.05) is 11.1 Å². The lowest BCUT2D eigenvalue weighted by Gasteiger charge is -2.07. The Kier molecular flexibility index (Phi) is 6.47. The molecule has 4 aromatic rings. The van der Waals surface area contributed by atoms with E-state index in [1.807, 2.05) is 6.07 Å². The molecule has 0 amide bonds. The van der Waals surface area contributed by atoms with E-state index >= 15 is 0 Å². The van der Waals surface area contributed by atoms with E-state index in [0.29, 0.717) is 34.9 Å². The van der Waals surface area contributed by atoms with Gasteiger partial charge in [-0.3, -0.25) is 5.73 Å². The fourth-order valence-corrected chi connectivity index (χ4v) is 3.33. The molecule has 0 aliphatic heterocycles. The highest BCUT2D eigenvalue weighted by atomic mass is 31.2. The SMILES string of the molecule is Nc1c(-c2cc(Cc3ccc(Nc4ccccc4F)nc3)no2)ccc[n+]1COP(=O)(O)O. The van der Waals surface area contributed by atoms with Crippen molar-refractivity contribution in [3.05, 3.63) is 84.1 Å². The van der Waals surface area contributed by atoms with Crippen molar-refractivity contribution in [3.63, 3.8) is 0 Å². The smallest absolute Gasteiger partial charge is 0.356 e. The van der Waals surface area contributed by atoms with Crippen LogP contribution in [0.4, 0.5) is 21.7 Å². The predicted molar refractivity (Wildman–Crippen MR) is 116 cm³/mol. The van der Waals surface area contributed by atoms with Gasteiger partial charge >= 0.3 is 7.82 Å². The van der Waals surface area contributed by atoms with Crippen molar-refractivity contribution >= 4 is 25.1 Å². The second-order valence-corrected chi connectivity index (χ2v) is 8.28. The second-order valence-electron chi connectivity index (χ2n) is 7.04. The molecule has 0 spiro atoms. The summed E-state index contributed by atoms with van der Waals surface area (Å²) in [6.45, 7) is -0.427.